The van der Waals surface area contributed by atoms with Crippen molar-refractivity contribution < 1.29 is 0 Å². The van der Waals surface area contributed by atoms with E-state index in [4.69, 9.17) is 16.6 Å². The van der Waals surface area contributed by atoms with E-state index in [2.05, 4.69) is 9.88 Å². The summed E-state index contributed by atoms with van der Waals surface area (Å²) in [5.74, 6) is 0.649. The third-order valence-corrected chi connectivity index (χ3v) is 4.77. The topological polar surface area (TPSA) is 49.0 Å². The monoisotopic (exact) mass is 351 g/mol. The van der Waals surface area contributed by atoms with Crippen molar-refractivity contribution >= 4 is 11.6 Å². The number of aromatic nitrogens is 2. The Labute approximate surface area is 151 Å². The first-order chi connectivity index (χ1) is 12.2. The lowest BCUT2D eigenvalue weighted by molar-refractivity contribution is 0.242. The predicted octanol–water partition coefficient (Wildman–Crippen LogP) is 3.65. The van der Waals surface area contributed by atoms with Gasteiger partial charge in [-0.25, -0.2) is 4.98 Å². The smallest absolute Gasteiger partial charge is 0.255 e. The fraction of sp³-hybridized carbons (Fsp3) is 0.200. The van der Waals surface area contributed by atoms with Crippen LogP contribution in [0.25, 0.3) is 11.4 Å². The summed E-state index contributed by atoms with van der Waals surface area (Å²) in [6.07, 6.45) is 0.784. The van der Waals surface area contributed by atoms with Crippen molar-refractivity contribution in [2.45, 2.75) is 19.5 Å². The number of hydrogen-bond donors (Lipinski definition) is 1. The lowest BCUT2D eigenvalue weighted by atomic mass is 10.1. The number of halogens is 1. The molecule has 0 spiro atoms. The van der Waals surface area contributed by atoms with Crippen molar-refractivity contribution in [2.24, 2.45) is 0 Å². The molecular weight excluding hydrogens is 334 g/mol. The highest BCUT2D eigenvalue weighted by Gasteiger charge is 2.21. The molecule has 25 heavy (non-hydrogen) atoms. The minimum Gasteiger partial charge on any atom is -0.306 e. The van der Waals surface area contributed by atoms with Crippen molar-refractivity contribution in [3.63, 3.8) is 0 Å². The van der Waals surface area contributed by atoms with E-state index in [9.17, 15) is 4.79 Å². The highest BCUT2D eigenvalue weighted by molar-refractivity contribution is 6.30. The Bertz CT molecular complexity index is 935. The van der Waals surface area contributed by atoms with Crippen LogP contribution in [0, 0.1) is 0 Å². The molecule has 1 aliphatic heterocycles. The van der Waals surface area contributed by atoms with Gasteiger partial charge in [-0.2, -0.15) is 0 Å². The third kappa shape index (κ3) is 3.50. The molecule has 0 unspecified atom stereocenters. The van der Waals surface area contributed by atoms with Gasteiger partial charge in [0, 0.05) is 36.6 Å². The first-order valence-electron chi connectivity index (χ1n) is 8.33. The van der Waals surface area contributed by atoms with E-state index >= 15 is 0 Å². The van der Waals surface area contributed by atoms with Crippen LogP contribution in [0.4, 0.5) is 0 Å². The average Bonchev–Trinajstić information content (AvgIpc) is 2.65. The zero-order chi connectivity index (χ0) is 17.2. The van der Waals surface area contributed by atoms with Crippen LogP contribution in [0.5, 0.6) is 0 Å². The molecule has 1 N–H and O–H groups in total. The van der Waals surface area contributed by atoms with Gasteiger partial charge in [0.15, 0.2) is 0 Å². The van der Waals surface area contributed by atoms with Crippen LogP contribution in [0.3, 0.4) is 0 Å². The Balaban J connectivity index is 1.57. The van der Waals surface area contributed by atoms with Gasteiger partial charge in [-0.15, -0.1) is 0 Å². The fourth-order valence-electron chi connectivity index (χ4n) is 3.20. The average molecular weight is 352 g/mol. The summed E-state index contributed by atoms with van der Waals surface area (Å²) in [6.45, 7) is 2.31. The van der Waals surface area contributed by atoms with Crippen LogP contribution in [0.2, 0.25) is 5.02 Å². The summed E-state index contributed by atoms with van der Waals surface area (Å²) in [7, 11) is 0. The molecule has 4 rings (SSSR count). The van der Waals surface area contributed by atoms with E-state index in [-0.39, 0.29) is 5.56 Å². The number of rotatable bonds is 3. The lowest BCUT2D eigenvalue weighted by Gasteiger charge is -2.27. The fourth-order valence-corrected chi connectivity index (χ4v) is 3.32. The Kier molecular flexibility index (Phi) is 4.38. The highest BCUT2D eigenvalue weighted by Crippen LogP contribution is 2.20. The molecule has 0 bridgehead atoms. The zero-order valence-electron chi connectivity index (χ0n) is 13.7. The number of hydrogen-bond acceptors (Lipinski definition) is 3. The number of H-pyrrole nitrogens is 1. The van der Waals surface area contributed by atoms with Gasteiger partial charge in [0.05, 0.1) is 11.3 Å². The summed E-state index contributed by atoms with van der Waals surface area (Å²) in [6, 6.07) is 17.6. The zero-order valence-corrected chi connectivity index (χ0v) is 14.5. The molecule has 0 amide bonds. The van der Waals surface area contributed by atoms with Gasteiger partial charge < -0.3 is 4.98 Å². The highest BCUT2D eigenvalue weighted by atomic mass is 35.5. The standard InChI is InChI=1S/C20H18ClN3O/c21-16-8-6-14(7-9-16)12-24-11-10-18-17(13-24)20(25)23-19(22-18)15-4-2-1-3-5-15/h1-9H,10-13H2,(H,22,23,25). The first-order valence-corrected chi connectivity index (χ1v) is 8.71. The molecule has 2 aromatic carbocycles. The van der Waals surface area contributed by atoms with Crippen molar-refractivity contribution in [3.05, 3.63) is 86.8 Å². The normalized spacial score (nSPS) is 14.3. The van der Waals surface area contributed by atoms with E-state index < -0.39 is 0 Å². The quantitative estimate of drug-likeness (QED) is 0.783. The molecule has 1 aliphatic rings. The van der Waals surface area contributed by atoms with Crippen LogP contribution >= 0.6 is 11.6 Å². The molecule has 0 fully saturated rings. The van der Waals surface area contributed by atoms with Gasteiger partial charge in [0.2, 0.25) is 0 Å². The maximum Gasteiger partial charge on any atom is 0.255 e. The molecule has 0 aliphatic carbocycles. The lowest BCUT2D eigenvalue weighted by Crippen LogP contribution is -2.35. The molecule has 0 saturated carbocycles. The molecule has 5 heteroatoms. The Hall–Kier alpha value is -2.43. The summed E-state index contributed by atoms with van der Waals surface area (Å²) < 4.78 is 0. The van der Waals surface area contributed by atoms with E-state index in [1.807, 2.05) is 54.6 Å². The van der Waals surface area contributed by atoms with Crippen LogP contribution in [0.15, 0.2) is 59.4 Å². The molecule has 0 radical (unpaired) electrons. The van der Waals surface area contributed by atoms with Gasteiger partial charge in [-0.3, -0.25) is 9.69 Å². The van der Waals surface area contributed by atoms with E-state index in [0.717, 1.165) is 41.4 Å². The maximum absolute atomic E-state index is 12.6. The molecular formula is C20H18ClN3O. The minimum atomic E-state index is -0.0374. The van der Waals surface area contributed by atoms with E-state index in [1.54, 1.807) is 0 Å². The second-order valence-electron chi connectivity index (χ2n) is 6.29. The predicted molar refractivity (Wildman–Crippen MR) is 99.6 cm³/mol. The number of nitrogens with zero attached hydrogens (tertiary/aromatic N) is 2. The van der Waals surface area contributed by atoms with Gasteiger partial charge in [0.1, 0.15) is 5.82 Å². The summed E-state index contributed by atoms with van der Waals surface area (Å²) in [4.78, 5) is 22.5. The maximum atomic E-state index is 12.6. The SMILES string of the molecule is O=c1[nH]c(-c2ccccc2)nc2c1CN(Cc1ccc(Cl)cc1)CC2. The van der Waals surface area contributed by atoms with Crippen molar-refractivity contribution in [3.8, 4) is 11.4 Å². The number of benzene rings is 2. The molecule has 0 saturated heterocycles. The third-order valence-electron chi connectivity index (χ3n) is 4.51. The van der Waals surface area contributed by atoms with Crippen LogP contribution in [0.1, 0.15) is 16.8 Å². The van der Waals surface area contributed by atoms with E-state index in [0.29, 0.717) is 12.4 Å². The molecule has 0 atom stereocenters. The van der Waals surface area contributed by atoms with Crippen LogP contribution in [-0.4, -0.2) is 21.4 Å². The van der Waals surface area contributed by atoms with Gasteiger partial charge in [0.25, 0.3) is 5.56 Å². The van der Waals surface area contributed by atoms with Gasteiger partial charge in [-0.05, 0) is 17.7 Å². The second kappa shape index (κ2) is 6.82. The molecule has 3 aromatic rings. The van der Waals surface area contributed by atoms with Crippen molar-refractivity contribution in [1.82, 2.24) is 14.9 Å². The summed E-state index contributed by atoms with van der Waals surface area (Å²) in [5.41, 5.74) is 3.78. The number of aromatic amines is 1. The Morgan fingerprint density at radius 3 is 2.60 bits per heavy atom. The first kappa shape index (κ1) is 16.1. The van der Waals surface area contributed by atoms with Gasteiger partial charge >= 0.3 is 0 Å². The molecule has 4 nitrogen and oxygen atoms in total. The number of nitrogens with one attached hydrogen (secondary N) is 1. The van der Waals surface area contributed by atoms with Crippen LogP contribution in [-0.2, 0) is 19.5 Å². The second-order valence-corrected chi connectivity index (χ2v) is 6.73. The van der Waals surface area contributed by atoms with Crippen molar-refractivity contribution in [1.29, 1.82) is 0 Å². The van der Waals surface area contributed by atoms with Crippen molar-refractivity contribution in [2.75, 3.05) is 6.54 Å². The molecule has 2 heterocycles. The molecule has 126 valence electrons. The van der Waals surface area contributed by atoms with Gasteiger partial charge in [-0.1, -0.05) is 54.1 Å². The summed E-state index contributed by atoms with van der Waals surface area (Å²) in [5, 5.41) is 0.738. The Morgan fingerprint density at radius 1 is 1.08 bits per heavy atom. The minimum absolute atomic E-state index is 0.0374. The van der Waals surface area contributed by atoms with Crippen LogP contribution < -0.4 is 5.56 Å². The largest absolute Gasteiger partial charge is 0.306 e. The van der Waals surface area contributed by atoms with E-state index in [1.165, 1.54) is 5.56 Å². The number of fused-ring (bicyclic) bond motifs is 1. The Morgan fingerprint density at radius 2 is 1.84 bits per heavy atom. The summed E-state index contributed by atoms with van der Waals surface area (Å²) >= 11 is 5.94. The molecule has 1 aromatic heterocycles.